The van der Waals surface area contributed by atoms with E-state index in [1.807, 2.05) is 36.9 Å². The summed E-state index contributed by atoms with van der Waals surface area (Å²) in [7, 11) is -3.24. The van der Waals surface area contributed by atoms with E-state index < -0.39 is 15.9 Å². The molecule has 0 unspecified atom stereocenters. The lowest BCUT2D eigenvalue weighted by molar-refractivity contribution is -0.123. The first-order chi connectivity index (χ1) is 13.2. The van der Waals surface area contributed by atoms with Crippen LogP contribution in [0, 0.1) is 19.7 Å². The van der Waals surface area contributed by atoms with E-state index in [0.29, 0.717) is 6.54 Å². The molecule has 1 amide bonds. The normalized spacial score (nSPS) is 24.4. The third-order valence-corrected chi connectivity index (χ3v) is 7.47. The first-order valence-electron chi connectivity index (χ1n) is 9.32. The van der Waals surface area contributed by atoms with Crippen molar-refractivity contribution in [3.8, 4) is 0 Å². The van der Waals surface area contributed by atoms with Gasteiger partial charge in [-0.3, -0.25) is 9.69 Å². The van der Waals surface area contributed by atoms with Crippen LogP contribution in [-0.2, 0) is 21.2 Å². The molecule has 7 heteroatoms. The fourth-order valence-corrected chi connectivity index (χ4v) is 6.15. The van der Waals surface area contributed by atoms with E-state index in [9.17, 15) is 17.6 Å². The van der Waals surface area contributed by atoms with Crippen LogP contribution in [0.3, 0.4) is 0 Å². The zero-order valence-corrected chi connectivity index (χ0v) is 16.7. The van der Waals surface area contributed by atoms with Crippen LogP contribution in [0.25, 0.3) is 0 Å². The van der Waals surface area contributed by atoms with Gasteiger partial charge >= 0.3 is 0 Å². The van der Waals surface area contributed by atoms with Gasteiger partial charge in [-0.15, -0.1) is 0 Å². The topological polar surface area (TPSA) is 57.7 Å². The first-order valence-corrected chi connectivity index (χ1v) is 11.1. The Morgan fingerprint density at radius 1 is 1.00 bits per heavy atom. The fourth-order valence-electron chi connectivity index (χ4n) is 4.17. The van der Waals surface area contributed by atoms with Gasteiger partial charge in [-0.1, -0.05) is 18.2 Å². The van der Waals surface area contributed by atoms with E-state index >= 15 is 0 Å². The molecule has 0 bridgehead atoms. The number of anilines is 1. The Balaban J connectivity index is 1.67. The SMILES string of the molecule is Cc1ccc(N2C(=O)CN(Cc3ccc(F)cc3)[C@H]3CS(=O)(=O)C[C@@H]32)cc1C. The Morgan fingerprint density at radius 2 is 1.68 bits per heavy atom. The van der Waals surface area contributed by atoms with Crippen LogP contribution < -0.4 is 4.90 Å². The highest BCUT2D eigenvalue weighted by atomic mass is 32.2. The third kappa shape index (κ3) is 3.56. The molecular weight excluding hydrogens is 379 g/mol. The Hall–Kier alpha value is -2.25. The van der Waals surface area contributed by atoms with Crippen molar-refractivity contribution < 1.29 is 17.6 Å². The second-order valence-corrected chi connectivity index (χ2v) is 9.93. The summed E-state index contributed by atoms with van der Waals surface area (Å²) in [5, 5.41) is 0. The standard InChI is InChI=1S/C21H23FN2O3S/c1-14-3-8-18(9-15(14)2)24-20-13-28(26,27)12-19(20)23(11-21(24)25)10-16-4-6-17(22)7-5-16/h3-9,19-20H,10-13H2,1-2H3/t19-,20-/m0/s1. The van der Waals surface area contributed by atoms with E-state index in [1.165, 1.54) is 12.1 Å². The highest BCUT2D eigenvalue weighted by Gasteiger charge is 2.49. The molecule has 5 nitrogen and oxygen atoms in total. The number of benzene rings is 2. The van der Waals surface area contributed by atoms with Gasteiger partial charge in [-0.25, -0.2) is 12.8 Å². The molecule has 2 aliphatic rings. The van der Waals surface area contributed by atoms with Crippen LogP contribution in [0.2, 0.25) is 0 Å². The second-order valence-electron chi connectivity index (χ2n) is 7.78. The molecule has 0 radical (unpaired) electrons. The van der Waals surface area contributed by atoms with E-state index in [1.54, 1.807) is 17.0 Å². The minimum atomic E-state index is -3.24. The summed E-state index contributed by atoms with van der Waals surface area (Å²) in [6.07, 6.45) is 0. The minimum Gasteiger partial charge on any atom is -0.306 e. The molecule has 2 aliphatic heterocycles. The van der Waals surface area contributed by atoms with E-state index in [-0.39, 0.29) is 35.8 Å². The number of aryl methyl sites for hydroxylation is 2. The van der Waals surface area contributed by atoms with Crippen molar-refractivity contribution >= 4 is 21.4 Å². The van der Waals surface area contributed by atoms with Crippen LogP contribution in [0.15, 0.2) is 42.5 Å². The molecular formula is C21H23FN2O3S. The maximum Gasteiger partial charge on any atom is 0.241 e. The average Bonchev–Trinajstić information content (AvgIpc) is 2.95. The molecule has 2 fully saturated rings. The third-order valence-electron chi connectivity index (χ3n) is 5.77. The van der Waals surface area contributed by atoms with Crippen molar-refractivity contribution in [1.82, 2.24) is 4.90 Å². The molecule has 2 saturated heterocycles. The largest absolute Gasteiger partial charge is 0.306 e. The van der Waals surface area contributed by atoms with E-state index in [2.05, 4.69) is 0 Å². The fraction of sp³-hybridized carbons (Fsp3) is 0.381. The molecule has 0 N–H and O–H groups in total. The molecule has 2 atom stereocenters. The van der Waals surface area contributed by atoms with Gasteiger partial charge in [-0.2, -0.15) is 0 Å². The number of sulfone groups is 1. The highest BCUT2D eigenvalue weighted by Crippen LogP contribution is 2.33. The summed E-state index contributed by atoms with van der Waals surface area (Å²) in [4.78, 5) is 16.6. The van der Waals surface area contributed by atoms with Crippen molar-refractivity contribution in [2.75, 3.05) is 23.0 Å². The van der Waals surface area contributed by atoms with Gasteiger partial charge in [0, 0.05) is 18.3 Å². The molecule has 148 valence electrons. The molecule has 0 aromatic heterocycles. The summed E-state index contributed by atoms with van der Waals surface area (Å²) >= 11 is 0. The van der Waals surface area contributed by atoms with Crippen LogP contribution in [0.4, 0.5) is 10.1 Å². The van der Waals surface area contributed by atoms with Crippen molar-refractivity contribution in [1.29, 1.82) is 0 Å². The van der Waals surface area contributed by atoms with Crippen molar-refractivity contribution in [3.05, 3.63) is 65.0 Å². The molecule has 0 saturated carbocycles. The lowest BCUT2D eigenvalue weighted by Gasteiger charge is -2.43. The van der Waals surface area contributed by atoms with E-state index in [4.69, 9.17) is 0 Å². The molecule has 28 heavy (non-hydrogen) atoms. The summed E-state index contributed by atoms with van der Waals surface area (Å²) in [6, 6.07) is 11.2. The first kappa shape index (κ1) is 19.1. The average molecular weight is 402 g/mol. The smallest absolute Gasteiger partial charge is 0.241 e. The maximum absolute atomic E-state index is 13.2. The van der Waals surface area contributed by atoms with E-state index in [0.717, 1.165) is 22.4 Å². The number of rotatable bonds is 3. The summed E-state index contributed by atoms with van der Waals surface area (Å²) in [5.74, 6) is -0.423. The van der Waals surface area contributed by atoms with Gasteiger partial charge in [0.1, 0.15) is 5.82 Å². The van der Waals surface area contributed by atoms with Gasteiger partial charge < -0.3 is 4.90 Å². The molecule has 0 spiro atoms. The second kappa shape index (κ2) is 6.97. The lowest BCUT2D eigenvalue weighted by atomic mass is 10.0. The van der Waals surface area contributed by atoms with Gasteiger partial charge in [0.2, 0.25) is 5.91 Å². The van der Waals surface area contributed by atoms with Gasteiger partial charge in [0.25, 0.3) is 0 Å². The number of amides is 1. The summed E-state index contributed by atoms with van der Waals surface area (Å²) in [5.41, 5.74) is 3.80. The quantitative estimate of drug-likeness (QED) is 0.791. The predicted octanol–water partition coefficient (Wildman–Crippen LogP) is 2.46. The Bertz CT molecular complexity index is 1020. The number of fused-ring (bicyclic) bond motifs is 1. The van der Waals surface area contributed by atoms with Gasteiger partial charge in [0.15, 0.2) is 9.84 Å². The number of hydrogen-bond donors (Lipinski definition) is 0. The molecule has 2 aromatic carbocycles. The minimum absolute atomic E-state index is 0.0315. The lowest BCUT2D eigenvalue weighted by Crippen LogP contribution is -2.61. The number of hydrogen-bond acceptors (Lipinski definition) is 4. The van der Waals surface area contributed by atoms with Gasteiger partial charge in [0.05, 0.1) is 24.1 Å². The Morgan fingerprint density at radius 3 is 2.36 bits per heavy atom. The number of carbonyl (C=O) groups is 1. The Kier molecular flexibility index (Phi) is 4.75. The molecule has 2 heterocycles. The number of carbonyl (C=O) groups excluding carboxylic acids is 1. The summed E-state index contributed by atoms with van der Waals surface area (Å²) in [6.45, 7) is 4.55. The summed E-state index contributed by atoms with van der Waals surface area (Å²) < 4.78 is 38.1. The molecule has 0 aliphatic carbocycles. The van der Waals surface area contributed by atoms with Crippen molar-refractivity contribution in [2.24, 2.45) is 0 Å². The zero-order valence-electron chi connectivity index (χ0n) is 15.9. The zero-order chi connectivity index (χ0) is 20.1. The molecule has 4 rings (SSSR count). The molecule has 2 aromatic rings. The maximum atomic E-state index is 13.2. The highest BCUT2D eigenvalue weighted by molar-refractivity contribution is 7.91. The number of halogens is 1. The van der Waals surface area contributed by atoms with Crippen LogP contribution >= 0.6 is 0 Å². The van der Waals surface area contributed by atoms with Crippen molar-refractivity contribution in [3.63, 3.8) is 0 Å². The van der Waals surface area contributed by atoms with Crippen LogP contribution in [-0.4, -0.2) is 49.4 Å². The van der Waals surface area contributed by atoms with Gasteiger partial charge in [-0.05, 0) is 54.8 Å². The van der Waals surface area contributed by atoms with Crippen LogP contribution in [0.1, 0.15) is 16.7 Å². The number of nitrogens with zero attached hydrogens (tertiary/aromatic N) is 2. The monoisotopic (exact) mass is 402 g/mol. The Labute approximate surface area is 164 Å². The van der Waals surface area contributed by atoms with Crippen LogP contribution in [0.5, 0.6) is 0 Å². The number of piperazine rings is 1. The predicted molar refractivity (Wildman–Crippen MR) is 106 cm³/mol. The van der Waals surface area contributed by atoms with Crippen molar-refractivity contribution in [2.45, 2.75) is 32.5 Å².